The number of carbonyl (C=O) groups is 1. The molecule has 0 aliphatic rings. The number of nitrogens with zero attached hydrogens (tertiary/aromatic N) is 1. The molecule has 0 spiro atoms. The van der Waals surface area contributed by atoms with E-state index in [1.807, 2.05) is 18.3 Å². The molecule has 0 radical (unpaired) electrons. The molecule has 0 amide bonds. The fourth-order valence-electron chi connectivity index (χ4n) is 1.04. The van der Waals surface area contributed by atoms with Crippen molar-refractivity contribution in [2.24, 2.45) is 0 Å². The second kappa shape index (κ2) is 5.75. The Balaban J connectivity index is 0.000000221. The van der Waals surface area contributed by atoms with Gasteiger partial charge in [-0.1, -0.05) is 6.92 Å². The molecule has 5 nitrogen and oxygen atoms in total. The highest BCUT2D eigenvalue weighted by Gasteiger charge is 1.96. The van der Waals surface area contributed by atoms with Crippen LogP contribution in [-0.4, -0.2) is 28.2 Å². The normalized spacial score (nSPS) is 9.38. The van der Waals surface area contributed by atoms with E-state index in [0.29, 0.717) is 5.88 Å². The maximum Gasteiger partial charge on any atom is 0.303 e. The molecule has 2 rings (SSSR count). The van der Waals surface area contributed by atoms with Crippen LogP contribution in [0.3, 0.4) is 0 Å². The highest BCUT2D eigenvalue weighted by Crippen LogP contribution is 2.15. The molecule has 5 heteroatoms. The predicted molar refractivity (Wildman–Crippen MR) is 60.6 cm³/mol. The number of hydrogen-bond acceptors (Lipinski definition) is 3. The minimum absolute atomic E-state index is 0.222. The lowest BCUT2D eigenvalue weighted by Gasteiger charge is -1.96. The minimum atomic E-state index is -0.745. The summed E-state index contributed by atoms with van der Waals surface area (Å²) in [6, 6.07) is 3.88. The van der Waals surface area contributed by atoms with E-state index in [9.17, 15) is 4.79 Å². The third kappa shape index (κ3) is 3.27. The first-order chi connectivity index (χ1) is 7.67. The Kier molecular flexibility index (Phi) is 4.32. The van der Waals surface area contributed by atoms with Crippen molar-refractivity contribution in [3.63, 3.8) is 0 Å². The third-order valence-corrected chi connectivity index (χ3v) is 1.92. The number of carboxylic acids is 1. The number of aliphatic carboxylic acids is 1. The molecular formula is C11H14N2O3. The molecule has 2 aromatic rings. The molecule has 0 saturated carbocycles. The topological polar surface area (TPSA) is 75.2 Å². The van der Waals surface area contributed by atoms with Crippen LogP contribution in [0.25, 0.3) is 10.9 Å². The Morgan fingerprint density at radius 3 is 2.88 bits per heavy atom. The van der Waals surface area contributed by atoms with Gasteiger partial charge in [-0.25, -0.2) is 4.98 Å². The second-order valence-corrected chi connectivity index (χ2v) is 3.04. The zero-order valence-electron chi connectivity index (χ0n) is 9.23. The van der Waals surface area contributed by atoms with Gasteiger partial charge in [0.25, 0.3) is 0 Å². The Hall–Kier alpha value is -2.04. The van der Waals surface area contributed by atoms with Crippen molar-refractivity contribution in [3.05, 3.63) is 24.5 Å². The Labute approximate surface area is 93.1 Å². The summed E-state index contributed by atoms with van der Waals surface area (Å²) in [5, 5.41) is 8.84. The molecule has 2 aromatic heterocycles. The van der Waals surface area contributed by atoms with Crippen molar-refractivity contribution < 1.29 is 14.6 Å². The lowest BCUT2D eigenvalue weighted by molar-refractivity contribution is -0.136. The molecule has 0 aliphatic heterocycles. The van der Waals surface area contributed by atoms with Crippen molar-refractivity contribution in [2.45, 2.75) is 13.3 Å². The molecule has 0 bridgehead atoms. The van der Waals surface area contributed by atoms with Crippen molar-refractivity contribution in [1.29, 1.82) is 0 Å². The quantitative estimate of drug-likeness (QED) is 0.815. The van der Waals surface area contributed by atoms with Crippen LogP contribution < -0.4 is 4.74 Å². The monoisotopic (exact) mass is 222 g/mol. The van der Waals surface area contributed by atoms with Crippen molar-refractivity contribution >= 4 is 16.9 Å². The van der Waals surface area contributed by atoms with Crippen molar-refractivity contribution in [3.8, 4) is 5.88 Å². The number of aromatic amines is 1. The summed E-state index contributed by atoms with van der Waals surface area (Å²) in [6.07, 6.45) is 3.86. The van der Waals surface area contributed by atoms with Gasteiger partial charge in [0.2, 0.25) is 5.88 Å². The van der Waals surface area contributed by atoms with Gasteiger partial charge in [0, 0.05) is 24.1 Å². The number of H-pyrrole nitrogens is 1. The van der Waals surface area contributed by atoms with Gasteiger partial charge in [-0.05, 0) is 6.07 Å². The summed E-state index contributed by atoms with van der Waals surface area (Å²) in [7, 11) is 1.61. The zero-order valence-corrected chi connectivity index (χ0v) is 9.23. The van der Waals surface area contributed by atoms with Gasteiger partial charge in [0.05, 0.1) is 18.8 Å². The summed E-state index contributed by atoms with van der Waals surface area (Å²) >= 11 is 0. The smallest absolute Gasteiger partial charge is 0.303 e. The molecule has 0 aromatic carbocycles. The van der Waals surface area contributed by atoms with E-state index in [1.54, 1.807) is 20.2 Å². The molecule has 0 fully saturated rings. The van der Waals surface area contributed by atoms with Gasteiger partial charge in [-0.3, -0.25) is 4.79 Å². The van der Waals surface area contributed by atoms with E-state index in [4.69, 9.17) is 9.84 Å². The third-order valence-electron chi connectivity index (χ3n) is 1.92. The molecule has 0 saturated heterocycles. The maximum atomic E-state index is 9.37. The van der Waals surface area contributed by atoms with Crippen LogP contribution in [0.5, 0.6) is 5.88 Å². The molecule has 16 heavy (non-hydrogen) atoms. The van der Waals surface area contributed by atoms with Crippen LogP contribution in [0.2, 0.25) is 0 Å². The predicted octanol–water partition coefficient (Wildman–Crippen LogP) is 2.05. The van der Waals surface area contributed by atoms with E-state index in [0.717, 1.165) is 10.9 Å². The highest BCUT2D eigenvalue weighted by atomic mass is 16.5. The molecule has 2 N–H and O–H groups in total. The van der Waals surface area contributed by atoms with E-state index in [1.165, 1.54) is 0 Å². The van der Waals surface area contributed by atoms with Crippen LogP contribution in [0.1, 0.15) is 13.3 Å². The van der Waals surface area contributed by atoms with Crippen LogP contribution >= 0.6 is 0 Å². The first kappa shape index (κ1) is 12.0. The first-order valence-corrected chi connectivity index (χ1v) is 4.86. The van der Waals surface area contributed by atoms with Crippen LogP contribution in [-0.2, 0) is 4.79 Å². The van der Waals surface area contributed by atoms with Gasteiger partial charge in [0.15, 0.2) is 0 Å². The SMILES string of the molecule is CCC(=O)O.COc1cc2cc[nH]c2cn1. The lowest BCUT2D eigenvalue weighted by atomic mass is 10.3. The summed E-state index contributed by atoms with van der Waals surface area (Å²) in [5.74, 6) is -0.0953. The summed E-state index contributed by atoms with van der Waals surface area (Å²) in [4.78, 5) is 16.5. The van der Waals surface area contributed by atoms with Gasteiger partial charge >= 0.3 is 5.97 Å². The molecular weight excluding hydrogens is 208 g/mol. The van der Waals surface area contributed by atoms with Gasteiger partial charge in [0.1, 0.15) is 0 Å². The summed E-state index contributed by atoms with van der Waals surface area (Å²) in [6.45, 7) is 1.60. The largest absolute Gasteiger partial charge is 0.481 e. The van der Waals surface area contributed by atoms with E-state index < -0.39 is 5.97 Å². The molecule has 0 atom stereocenters. The summed E-state index contributed by atoms with van der Waals surface area (Å²) in [5.41, 5.74) is 1.03. The number of hydrogen-bond donors (Lipinski definition) is 2. The van der Waals surface area contributed by atoms with Crippen LogP contribution in [0.15, 0.2) is 24.5 Å². The van der Waals surface area contributed by atoms with Gasteiger partial charge in [-0.15, -0.1) is 0 Å². The maximum absolute atomic E-state index is 9.37. The zero-order chi connectivity index (χ0) is 12.0. The Morgan fingerprint density at radius 2 is 2.31 bits per heavy atom. The Bertz CT molecular complexity index is 465. The number of methoxy groups -OCH3 is 1. The highest BCUT2D eigenvalue weighted by molar-refractivity contribution is 5.79. The van der Waals surface area contributed by atoms with Crippen LogP contribution in [0.4, 0.5) is 0 Å². The average molecular weight is 222 g/mol. The number of nitrogens with one attached hydrogen (secondary N) is 1. The first-order valence-electron chi connectivity index (χ1n) is 4.86. The number of carboxylic acid groups (broad SMARTS) is 1. The summed E-state index contributed by atoms with van der Waals surface area (Å²) < 4.78 is 4.97. The van der Waals surface area contributed by atoms with E-state index in [2.05, 4.69) is 9.97 Å². The standard InChI is InChI=1S/C8H8N2O.C3H6O2/c1-11-8-4-6-2-3-9-7(6)5-10-8;1-2-3(4)5/h2-5,9H,1H3;2H2,1H3,(H,4,5). The van der Waals surface area contributed by atoms with E-state index >= 15 is 0 Å². The van der Waals surface area contributed by atoms with Crippen LogP contribution in [0, 0.1) is 0 Å². The molecule has 2 heterocycles. The Morgan fingerprint density at radius 1 is 1.62 bits per heavy atom. The fraction of sp³-hybridized carbons (Fsp3) is 0.273. The number of pyridine rings is 1. The second-order valence-electron chi connectivity index (χ2n) is 3.04. The number of ether oxygens (including phenoxy) is 1. The van der Waals surface area contributed by atoms with Crippen molar-refractivity contribution in [1.82, 2.24) is 9.97 Å². The van der Waals surface area contributed by atoms with Crippen molar-refractivity contribution in [2.75, 3.05) is 7.11 Å². The van der Waals surface area contributed by atoms with E-state index in [-0.39, 0.29) is 6.42 Å². The molecule has 0 aliphatic carbocycles. The fourth-order valence-corrected chi connectivity index (χ4v) is 1.04. The molecule has 86 valence electrons. The number of rotatable bonds is 2. The average Bonchev–Trinajstić information content (AvgIpc) is 2.76. The minimum Gasteiger partial charge on any atom is -0.481 e. The molecule has 0 unspecified atom stereocenters. The lowest BCUT2D eigenvalue weighted by Crippen LogP contribution is -1.86. The number of aromatic nitrogens is 2. The van der Waals surface area contributed by atoms with Gasteiger partial charge in [-0.2, -0.15) is 0 Å². The van der Waals surface area contributed by atoms with Gasteiger partial charge < -0.3 is 14.8 Å². The number of fused-ring (bicyclic) bond motifs is 1.